The first kappa shape index (κ1) is 15.3. The van der Waals surface area contributed by atoms with Crippen molar-refractivity contribution in [3.05, 3.63) is 54.4 Å². The summed E-state index contributed by atoms with van der Waals surface area (Å²) in [6.07, 6.45) is 3.50. The number of hydrogen-bond acceptors (Lipinski definition) is 5. The van der Waals surface area contributed by atoms with Gasteiger partial charge in [0.05, 0.1) is 5.41 Å². The van der Waals surface area contributed by atoms with Gasteiger partial charge >= 0.3 is 0 Å². The minimum atomic E-state index is -0.286. The number of benzene rings is 1. The van der Waals surface area contributed by atoms with Gasteiger partial charge in [-0.2, -0.15) is 4.52 Å². The molecule has 1 saturated carbocycles. The Kier molecular flexibility index (Phi) is 3.41. The summed E-state index contributed by atoms with van der Waals surface area (Å²) in [4.78, 5) is 14.9. The fraction of sp³-hybridized carbons (Fsp3) is 0.368. The highest BCUT2D eigenvalue weighted by atomic mass is 16.2. The topological polar surface area (TPSA) is 75.4 Å². The number of nitrogens with zero attached hydrogens (tertiary/aromatic N) is 5. The molecule has 3 heterocycles. The SMILES string of the molecule is O=C(NCC1CN(c2ccc3nncn3n2)C1)C1(c2ccccc2)CC1. The quantitative estimate of drug-likeness (QED) is 0.754. The Morgan fingerprint density at radius 1 is 1.15 bits per heavy atom. The van der Waals surface area contributed by atoms with Crippen molar-refractivity contribution >= 4 is 17.4 Å². The first-order valence-corrected chi connectivity index (χ1v) is 9.00. The van der Waals surface area contributed by atoms with E-state index < -0.39 is 0 Å². The van der Waals surface area contributed by atoms with Crippen LogP contribution in [0.4, 0.5) is 5.82 Å². The van der Waals surface area contributed by atoms with Gasteiger partial charge in [0.2, 0.25) is 5.91 Å². The van der Waals surface area contributed by atoms with Crippen LogP contribution in [0.2, 0.25) is 0 Å². The van der Waals surface area contributed by atoms with Gasteiger partial charge in [0.1, 0.15) is 12.1 Å². The molecule has 0 unspecified atom stereocenters. The maximum atomic E-state index is 12.7. The average Bonchev–Trinajstić information content (AvgIpc) is 3.33. The van der Waals surface area contributed by atoms with Crippen molar-refractivity contribution in [1.29, 1.82) is 0 Å². The lowest BCUT2D eigenvalue weighted by atomic mass is 9.94. The second-order valence-electron chi connectivity index (χ2n) is 7.25. The van der Waals surface area contributed by atoms with E-state index in [1.165, 1.54) is 0 Å². The maximum absolute atomic E-state index is 12.7. The summed E-state index contributed by atoms with van der Waals surface area (Å²) in [6, 6.07) is 14.0. The lowest BCUT2D eigenvalue weighted by Crippen LogP contribution is -2.52. The number of nitrogens with one attached hydrogen (secondary N) is 1. The highest BCUT2D eigenvalue weighted by Gasteiger charge is 2.51. The van der Waals surface area contributed by atoms with Crippen LogP contribution in [0.5, 0.6) is 0 Å². The number of rotatable bonds is 5. The maximum Gasteiger partial charge on any atom is 0.230 e. The molecule has 1 aliphatic heterocycles. The molecule has 0 atom stereocenters. The zero-order valence-electron chi connectivity index (χ0n) is 14.4. The molecule has 0 spiro atoms. The van der Waals surface area contributed by atoms with Gasteiger partial charge in [0.25, 0.3) is 0 Å². The van der Waals surface area contributed by atoms with Crippen LogP contribution in [-0.2, 0) is 10.2 Å². The summed E-state index contributed by atoms with van der Waals surface area (Å²) < 4.78 is 1.68. The first-order valence-electron chi connectivity index (χ1n) is 9.00. The summed E-state index contributed by atoms with van der Waals surface area (Å²) in [6.45, 7) is 2.53. The molecular formula is C19H20N6O. The lowest BCUT2D eigenvalue weighted by Gasteiger charge is -2.40. The van der Waals surface area contributed by atoms with Crippen LogP contribution in [0.25, 0.3) is 5.65 Å². The van der Waals surface area contributed by atoms with E-state index in [-0.39, 0.29) is 11.3 Å². The van der Waals surface area contributed by atoms with Gasteiger partial charge in [-0.1, -0.05) is 30.3 Å². The van der Waals surface area contributed by atoms with Gasteiger partial charge in [-0.3, -0.25) is 4.79 Å². The zero-order chi connectivity index (χ0) is 17.6. The lowest BCUT2D eigenvalue weighted by molar-refractivity contribution is -0.123. The van der Waals surface area contributed by atoms with Crippen molar-refractivity contribution in [2.75, 3.05) is 24.5 Å². The van der Waals surface area contributed by atoms with E-state index in [1.54, 1.807) is 10.8 Å². The molecule has 132 valence electrons. The van der Waals surface area contributed by atoms with E-state index in [0.717, 1.165) is 49.5 Å². The number of aromatic nitrogens is 4. The predicted octanol–water partition coefficient (Wildman–Crippen LogP) is 1.41. The van der Waals surface area contributed by atoms with Crippen molar-refractivity contribution in [3.8, 4) is 0 Å². The Bertz CT molecular complexity index is 943. The summed E-state index contributed by atoms with van der Waals surface area (Å²) in [5.74, 6) is 1.55. The molecule has 1 saturated heterocycles. The Hall–Kier alpha value is -2.96. The monoisotopic (exact) mass is 348 g/mol. The highest BCUT2D eigenvalue weighted by molar-refractivity contribution is 5.91. The van der Waals surface area contributed by atoms with Gasteiger partial charge in [0, 0.05) is 25.6 Å². The Morgan fingerprint density at radius 3 is 2.73 bits per heavy atom. The summed E-state index contributed by atoms with van der Waals surface area (Å²) >= 11 is 0. The van der Waals surface area contributed by atoms with Gasteiger partial charge < -0.3 is 10.2 Å². The number of carbonyl (C=O) groups is 1. The van der Waals surface area contributed by atoms with Crippen LogP contribution in [0, 0.1) is 5.92 Å². The van der Waals surface area contributed by atoms with E-state index in [4.69, 9.17) is 0 Å². The van der Waals surface area contributed by atoms with Gasteiger partial charge in [0.15, 0.2) is 5.65 Å². The van der Waals surface area contributed by atoms with Crippen LogP contribution in [0.1, 0.15) is 18.4 Å². The number of carbonyl (C=O) groups excluding carboxylic acids is 1. The molecular weight excluding hydrogens is 328 g/mol. The second kappa shape index (κ2) is 5.79. The molecule has 2 aromatic heterocycles. The van der Waals surface area contributed by atoms with Crippen LogP contribution in [-0.4, -0.2) is 45.4 Å². The molecule has 3 aromatic rings. The number of anilines is 1. The number of fused-ring (bicyclic) bond motifs is 1. The third-order valence-electron chi connectivity index (χ3n) is 5.49. The smallest absolute Gasteiger partial charge is 0.230 e. The third-order valence-corrected chi connectivity index (χ3v) is 5.49. The van der Waals surface area contributed by atoms with Crippen LogP contribution in [0.3, 0.4) is 0 Å². The van der Waals surface area contributed by atoms with E-state index in [9.17, 15) is 4.79 Å². The van der Waals surface area contributed by atoms with Gasteiger partial charge in [-0.05, 0) is 30.5 Å². The molecule has 5 rings (SSSR count). The van der Waals surface area contributed by atoms with Gasteiger partial charge in [-0.15, -0.1) is 15.3 Å². The molecule has 1 aromatic carbocycles. The van der Waals surface area contributed by atoms with Crippen LogP contribution >= 0.6 is 0 Å². The van der Waals surface area contributed by atoms with Crippen molar-refractivity contribution < 1.29 is 4.79 Å². The third kappa shape index (κ3) is 2.51. The van der Waals surface area contributed by atoms with E-state index in [2.05, 4.69) is 37.6 Å². The molecule has 2 fully saturated rings. The Balaban J connectivity index is 1.16. The predicted molar refractivity (Wildman–Crippen MR) is 96.8 cm³/mol. The summed E-state index contributed by atoms with van der Waals surface area (Å²) in [7, 11) is 0. The fourth-order valence-corrected chi connectivity index (χ4v) is 3.71. The number of amides is 1. The largest absolute Gasteiger partial charge is 0.355 e. The minimum absolute atomic E-state index is 0.172. The molecule has 7 heteroatoms. The first-order chi connectivity index (χ1) is 12.7. The molecule has 0 radical (unpaired) electrons. The highest BCUT2D eigenvalue weighted by Crippen LogP contribution is 2.48. The van der Waals surface area contributed by atoms with Crippen LogP contribution < -0.4 is 10.2 Å². The second-order valence-corrected chi connectivity index (χ2v) is 7.25. The van der Waals surface area contributed by atoms with Gasteiger partial charge in [-0.25, -0.2) is 0 Å². The zero-order valence-corrected chi connectivity index (χ0v) is 14.4. The van der Waals surface area contributed by atoms with Crippen molar-refractivity contribution in [2.24, 2.45) is 5.92 Å². The van der Waals surface area contributed by atoms with E-state index in [1.807, 2.05) is 30.3 Å². The minimum Gasteiger partial charge on any atom is -0.355 e. The summed E-state index contributed by atoms with van der Waals surface area (Å²) in [5, 5.41) is 15.5. The van der Waals surface area contributed by atoms with E-state index in [0.29, 0.717) is 5.92 Å². The van der Waals surface area contributed by atoms with E-state index >= 15 is 0 Å². The van der Waals surface area contributed by atoms with Crippen LogP contribution in [0.15, 0.2) is 48.8 Å². The molecule has 1 amide bonds. The Morgan fingerprint density at radius 2 is 1.96 bits per heavy atom. The summed E-state index contributed by atoms with van der Waals surface area (Å²) in [5.41, 5.74) is 1.60. The molecule has 7 nitrogen and oxygen atoms in total. The number of hydrogen-bond donors (Lipinski definition) is 1. The molecule has 2 aliphatic rings. The standard InChI is InChI=1S/C19H20N6O/c26-18(19(8-9-19)15-4-2-1-3-5-15)20-10-14-11-24(12-14)17-7-6-16-22-21-13-25(16)23-17/h1-7,13-14H,8-12H2,(H,20,26). The fourth-order valence-electron chi connectivity index (χ4n) is 3.71. The average molecular weight is 348 g/mol. The van der Waals surface area contributed by atoms with Crippen molar-refractivity contribution in [3.63, 3.8) is 0 Å². The van der Waals surface area contributed by atoms with Crippen molar-refractivity contribution in [2.45, 2.75) is 18.3 Å². The Labute approximate surface area is 151 Å². The molecule has 1 aliphatic carbocycles. The van der Waals surface area contributed by atoms with Crippen molar-refractivity contribution in [1.82, 2.24) is 25.1 Å². The normalized spacial score (nSPS) is 18.5. The molecule has 1 N–H and O–H groups in total. The molecule has 0 bridgehead atoms. The molecule has 26 heavy (non-hydrogen) atoms.